The van der Waals surface area contributed by atoms with Gasteiger partial charge in [0.2, 0.25) is 5.91 Å². The highest BCUT2D eigenvalue weighted by Gasteiger charge is 2.33. The molecule has 2 amide bonds. The first-order chi connectivity index (χ1) is 12.1. The van der Waals surface area contributed by atoms with Crippen molar-refractivity contribution < 1.29 is 9.59 Å². The molecule has 3 rings (SSSR count). The van der Waals surface area contributed by atoms with Gasteiger partial charge in [-0.3, -0.25) is 9.59 Å². The number of hydrogen-bond donors (Lipinski definition) is 3. The maximum atomic E-state index is 12.4. The zero-order valence-electron chi connectivity index (χ0n) is 14.5. The smallest absolute Gasteiger partial charge is 0.255 e. The molecule has 1 saturated heterocycles. The number of pyridine rings is 1. The zero-order valence-corrected chi connectivity index (χ0v) is 14.5. The number of nitrogens with zero attached hydrogens (tertiary/aromatic N) is 2. The van der Waals surface area contributed by atoms with Crippen molar-refractivity contribution in [3.8, 4) is 0 Å². The number of likely N-dealkylation sites (tertiary alicyclic amines) is 1. The molecule has 2 heterocycles. The van der Waals surface area contributed by atoms with E-state index in [9.17, 15) is 9.59 Å². The van der Waals surface area contributed by atoms with Crippen molar-refractivity contribution in [3.05, 3.63) is 23.9 Å². The minimum Gasteiger partial charge on any atom is -0.383 e. The molecule has 0 radical (unpaired) electrons. The van der Waals surface area contributed by atoms with E-state index in [2.05, 4.69) is 10.3 Å². The van der Waals surface area contributed by atoms with Gasteiger partial charge >= 0.3 is 0 Å². The van der Waals surface area contributed by atoms with Crippen LogP contribution < -0.4 is 16.8 Å². The Morgan fingerprint density at radius 3 is 2.52 bits per heavy atom. The summed E-state index contributed by atoms with van der Waals surface area (Å²) in [7, 11) is 0. The van der Waals surface area contributed by atoms with Gasteiger partial charge in [-0.15, -0.1) is 0 Å². The van der Waals surface area contributed by atoms with Crippen LogP contribution in [0.1, 0.15) is 48.9 Å². The summed E-state index contributed by atoms with van der Waals surface area (Å²) in [5.41, 5.74) is 12.4. The Morgan fingerprint density at radius 2 is 1.88 bits per heavy atom. The van der Waals surface area contributed by atoms with Crippen molar-refractivity contribution in [1.82, 2.24) is 15.2 Å². The topological polar surface area (TPSA) is 114 Å². The van der Waals surface area contributed by atoms with Gasteiger partial charge in [0.15, 0.2) is 0 Å². The van der Waals surface area contributed by atoms with E-state index in [1.54, 1.807) is 18.3 Å². The van der Waals surface area contributed by atoms with Gasteiger partial charge in [-0.1, -0.05) is 0 Å². The standard InChI is InChI=1S/C18H27N5O2/c19-15(18(25)23-10-1-2-11-23)12-5-7-13(8-6-12)22-17(24)14-4-3-9-21-16(14)20/h3-4,9,12-13,15H,1-2,5-8,10-11,19H2,(H2,20,21)(H,22,24)/t12-,13-,15-/m0/s1. The Morgan fingerprint density at radius 1 is 1.20 bits per heavy atom. The quantitative estimate of drug-likeness (QED) is 0.750. The predicted octanol–water partition coefficient (Wildman–Crippen LogP) is 0.902. The third kappa shape index (κ3) is 4.10. The van der Waals surface area contributed by atoms with E-state index in [-0.39, 0.29) is 29.6 Å². The van der Waals surface area contributed by atoms with E-state index >= 15 is 0 Å². The Hall–Kier alpha value is -2.15. The molecule has 2 aliphatic rings. The van der Waals surface area contributed by atoms with E-state index in [4.69, 9.17) is 11.5 Å². The first-order valence-corrected chi connectivity index (χ1v) is 9.12. The second kappa shape index (κ2) is 7.82. The fourth-order valence-electron chi connectivity index (χ4n) is 3.85. The van der Waals surface area contributed by atoms with Crippen LogP contribution >= 0.6 is 0 Å². The Kier molecular flexibility index (Phi) is 5.53. The van der Waals surface area contributed by atoms with Crippen molar-refractivity contribution >= 4 is 17.6 Å². The summed E-state index contributed by atoms with van der Waals surface area (Å²) in [6.45, 7) is 1.68. The molecule has 2 fully saturated rings. The van der Waals surface area contributed by atoms with Crippen LogP contribution in [0, 0.1) is 5.92 Å². The summed E-state index contributed by atoms with van der Waals surface area (Å²) in [6.07, 6.45) is 7.09. The molecule has 0 bridgehead atoms. The van der Waals surface area contributed by atoms with Gasteiger partial charge in [0.1, 0.15) is 5.82 Å². The molecule has 1 aliphatic carbocycles. The van der Waals surface area contributed by atoms with E-state index < -0.39 is 6.04 Å². The number of aromatic nitrogens is 1. The van der Waals surface area contributed by atoms with Crippen LogP contribution in [0.2, 0.25) is 0 Å². The lowest BCUT2D eigenvalue weighted by Gasteiger charge is -2.33. The van der Waals surface area contributed by atoms with Crippen LogP contribution in [-0.4, -0.2) is 46.9 Å². The molecule has 0 unspecified atom stereocenters. The lowest BCUT2D eigenvalue weighted by Crippen LogP contribution is -2.49. The predicted molar refractivity (Wildman–Crippen MR) is 95.7 cm³/mol. The molecule has 1 aliphatic heterocycles. The summed E-state index contributed by atoms with van der Waals surface area (Å²) in [6, 6.07) is 3.06. The van der Waals surface area contributed by atoms with Crippen molar-refractivity contribution in [2.75, 3.05) is 18.8 Å². The average Bonchev–Trinajstić information content (AvgIpc) is 3.16. The molecule has 136 valence electrons. The molecular formula is C18H27N5O2. The summed E-state index contributed by atoms with van der Waals surface area (Å²) >= 11 is 0. The lowest BCUT2D eigenvalue weighted by molar-refractivity contribution is -0.133. The number of nitrogen functional groups attached to an aromatic ring is 1. The molecule has 0 spiro atoms. The van der Waals surface area contributed by atoms with Crippen LogP contribution in [-0.2, 0) is 4.79 Å². The fraction of sp³-hybridized carbons (Fsp3) is 0.611. The molecule has 7 heteroatoms. The van der Waals surface area contributed by atoms with Crippen molar-refractivity contribution in [2.45, 2.75) is 50.6 Å². The number of hydrogen-bond acceptors (Lipinski definition) is 5. The average molecular weight is 345 g/mol. The van der Waals surface area contributed by atoms with Crippen LogP contribution in [0.5, 0.6) is 0 Å². The fourth-order valence-corrected chi connectivity index (χ4v) is 3.85. The number of anilines is 1. The zero-order chi connectivity index (χ0) is 17.8. The van der Waals surface area contributed by atoms with Gasteiger partial charge < -0.3 is 21.7 Å². The minimum absolute atomic E-state index is 0.0909. The van der Waals surface area contributed by atoms with Crippen molar-refractivity contribution in [3.63, 3.8) is 0 Å². The first-order valence-electron chi connectivity index (χ1n) is 9.12. The van der Waals surface area contributed by atoms with Gasteiger partial charge in [0, 0.05) is 25.3 Å². The highest BCUT2D eigenvalue weighted by atomic mass is 16.2. The maximum Gasteiger partial charge on any atom is 0.255 e. The second-order valence-corrected chi connectivity index (χ2v) is 7.08. The summed E-state index contributed by atoms with van der Waals surface area (Å²) in [5.74, 6) is 0.344. The third-order valence-corrected chi connectivity index (χ3v) is 5.40. The Balaban J connectivity index is 1.49. The van der Waals surface area contributed by atoms with Gasteiger partial charge in [0.25, 0.3) is 5.91 Å². The van der Waals surface area contributed by atoms with Crippen molar-refractivity contribution in [1.29, 1.82) is 0 Å². The van der Waals surface area contributed by atoms with Crippen LogP contribution in [0.3, 0.4) is 0 Å². The van der Waals surface area contributed by atoms with Crippen LogP contribution in [0.15, 0.2) is 18.3 Å². The van der Waals surface area contributed by atoms with E-state index in [0.29, 0.717) is 5.56 Å². The molecule has 1 aromatic heterocycles. The van der Waals surface area contributed by atoms with Crippen molar-refractivity contribution in [2.24, 2.45) is 11.7 Å². The molecule has 7 nitrogen and oxygen atoms in total. The molecule has 1 saturated carbocycles. The lowest BCUT2D eigenvalue weighted by atomic mass is 9.81. The van der Waals surface area contributed by atoms with E-state index in [0.717, 1.165) is 51.6 Å². The number of rotatable bonds is 4. The van der Waals surface area contributed by atoms with Gasteiger partial charge in [-0.2, -0.15) is 0 Å². The van der Waals surface area contributed by atoms with Gasteiger partial charge in [-0.05, 0) is 56.6 Å². The molecular weight excluding hydrogens is 318 g/mol. The largest absolute Gasteiger partial charge is 0.383 e. The van der Waals surface area contributed by atoms with Gasteiger partial charge in [0.05, 0.1) is 11.6 Å². The monoisotopic (exact) mass is 345 g/mol. The number of amides is 2. The summed E-state index contributed by atoms with van der Waals surface area (Å²) < 4.78 is 0. The summed E-state index contributed by atoms with van der Waals surface area (Å²) in [5, 5.41) is 3.02. The number of carbonyl (C=O) groups excluding carboxylic acids is 2. The Labute approximate surface area is 148 Å². The van der Waals surface area contributed by atoms with E-state index in [1.165, 1.54) is 0 Å². The maximum absolute atomic E-state index is 12.4. The van der Waals surface area contributed by atoms with E-state index in [1.807, 2.05) is 4.90 Å². The van der Waals surface area contributed by atoms with Gasteiger partial charge in [-0.25, -0.2) is 4.98 Å². The first kappa shape index (κ1) is 17.7. The van der Waals surface area contributed by atoms with Crippen LogP contribution in [0.25, 0.3) is 0 Å². The van der Waals surface area contributed by atoms with Crippen LogP contribution in [0.4, 0.5) is 5.82 Å². The highest BCUT2D eigenvalue weighted by Crippen LogP contribution is 2.28. The molecule has 5 N–H and O–H groups in total. The second-order valence-electron chi connectivity index (χ2n) is 7.08. The molecule has 0 aromatic carbocycles. The SMILES string of the molecule is Nc1ncccc1C(=O)N[C@H]1CC[C@H]([C@H](N)C(=O)N2CCCC2)CC1. The third-order valence-electron chi connectivity index (χ3n) is 5.40. The number of nitrogens with one attached hydrogen (secondary N) is 1. The summed E-state index contributed by atoms with van der Waals surface area (Å²) in [4.78, 5) is 30.6. The Bertz CT molecular complexity index is 622. The molecule has 25 heavy (non-hydrogen) atoms. The number of nitrogens with two attached hydrogens (primary N) is 2. The number of carbonyl (C=O) groups is 2. The normalized spacial score (nSPS) is 24.8. The minimum atomic E-state index is -0.413. The molecule has 1 aromatic rings. The molecule has 1 atom stereocenters. The highest BCUT2D eigenvalue weighted by molar-refractivity contribution is 5.98.